The number of hydrogen-bond acceptors (Lipinski definition) is 6. The highest BCUT2D eigenvalue weighted by Gasteiger charge is 2.34. The highest BCUT2D eigenvalue weighted by Crippen LogP contribution is 2.40. The Morgan fingerprint density at radius 3 is 2.67 bits per heavy atom. The number of carbonyl (C=O) groups excluding carboxylic acids is 2. The van der Waals surface area contributed by atoms with Crippen molar-refractivity contribution < 1.29 is 18.7 Å². The smallest absolute Gasteiger partial charge is 0.435 e. The number of aliphatic imine (C=N–C) groups is 1. The Bertz CT molecular complexity index is 1670. The molecule has 5 N–H and O–H groups in total. The van der Waals surface area contributed by atoms with Crippen LogP contribution >= 0.6 is 0 Å². The number of anilines is 1. The van der Waals surface area contributed by atoms with Crippen LogP contribution < -0.4 is 16.8 Å². The van der Waals surface area contributed by atoms with Crippen molar-refractivity contribution in [2.75, 3.05) is 11.9 Å². The van der Waals surface area contributed by atoms with Crippen molar-refractivity contribution in [3.05, 3.63) is 107 Å². The minimum absolute atomic E-state index is 0.00222. The quantitative estimate of drug-likeness (QED) is 0.171. The third kappa shape index (κ3) is 6.78. The number of pyridine rings is 1. The first kappa shape index (κ1) is 29.6. The van der Waals surface area contributed by atoms with Crippen molar-refractivity contribution >= 4 is 23.5 Å². The van der Waals surface area contributed by atoms with Crippen LogP contribution in [0.4, 0.5) is 14.9 Å². The second-order valence-electron chi connectivity index (χ2n) is 10.7. The maximum absolute atomic E-state index is 15.1. The van der Waals surface area contributed by atoms with Crippen LogP contribution in [0.15, 0.2) is 78.0 Å². The molecule has 2 amide bonds. The highest BCUT2D eigenvalue weighted by molar-refractivity contribution is 6.04. The van der Waals surface area contributed by atoms with E-state index >= 15 is 4.39 Å². The SMILES string of the molecule is CCOC(=O)N=C(N)c1cccc(-n2nc(C)cc2C(=O)Nc2cc(C(N)(CCC3CC3)c3cccnc3)ccc2F)c1. The van der Waals surface area contributed by atoms with Crippen LogP contribution in [0.3, 0.4) is 0 Å². The number of carbonyl (C=O) groups is 2. The molecule has 0 saturated heterocycles. The molecule has 5 rings (SSSR count). The second-order valence-corrected chi connectivity index (χ2v) is 10.7. The molecule has 4 aromatic rings. The third-order valence-corrected chi connectivity index (χ3v) is 7.48. The Morgan fingerprint density at radius 1 is 1.14 bits per heavy atom. The maximum atomic E-state index is 15.1. The van der Waals surface area contributed by atoms with Crippen LogP contribution in [0.1, 0.15) is 65.5 Å². The Kier molecular flexibility index (Phi) is 8.63. The molecule has 11 heteroatoms. The number of amides is 2. The zero-order chi connectivity index (χ0) is 30.6. The minimum Gasteiger partial charge on any atom is -0.448 e. The zero-order valence-electron chi connectivity index (χ0n) is 24.1. The first-order valence-electron chi connectivity index (χ1n) is 14.2. The summed E-state index contributed by atoms with van der Waals surface area (Å²) in [5.41, 5.74) is 15.3. The molecule has 1 saturated carbocycles. The number of halogens is 1. The molecule has 0 bridgehead atoms. The molecule has 2 aromatic heterocycles. The predicted octanol–water partition coefficient (Wildman–Crippen LogP) is 5.22. The van der Waals surface area contributed by atoms with Crippen LogP contribution in [-0.2, 0) is 10.3 Å². The van der Waals surface area contributed by atoms with E-state index in [9.17, 15) is 9.59 Å². The molecule has 1 fully saturated rings. The van der Waals surface area contributed by atoms with Crippen molar-refractivity contribution in [1.29, 1.82) is 0 Å². The van der Waals surface area contributed by atoms with E-state index in [1.54, 1.807) is 68.7 Å². The Balaban J connectivity index is 1.44. The topological polar surface area (TPSA) is 151 Å². The fourth-order valence-corrected chi connectivity index (χ4v) is 4.98. The lowest BCUT2D eigenvalue weighted by molar-refractivity contribution is 0.101. The van der Waals surface area contributed by atoms with E-state index in [1.807, 2.05) is 12.1 Å². The van der Waals surface area contributed by atoms with Gasteiger partial charge >= 0.3 is 6.09 Å². The van der Waals surface area contributed by atoms with Gasteiger partial charge in [-0.3, -0.25) is 9.78 Å². The van der Waals surface area contributed by atoms with Crippen LogP contribution in [0.2, 0.25) is 0 Å². The van der Waals surface area contributed by atoms with Crippen LogP contribution in [0.5, 0.6) is 0 Å². The van der Waals surface area contributed by atoms with Crippen LogP contribution in [0, 0.1) is 18.7 Å². The van der Waals surface area contributed by atoms with Crippen molar-refractivity contribution in [3.63, 3.8) is 0 Å². The zero-order valence-corrected chi connectivity index (χ0v) is 24.1. The fourth-order valence-electron chi connectivity index (χ4n) is 4.98. The average Bonchev–Trinajstić information content (AvgIpc) is 3.76. The summed E-state index contributed by atoms with van der Waals surface area (Å²) in [5, 5.41) is 7.18. The number of hydrogen-bond donors (Lipinski definition) is 3. The molecular weight excluding hydrogens is 549 g/mol. The molecule has 1 aliphatic carbocycles. The molecule has 0 spiro atoms. The van der Waals surface area contributed by atoms with Crippen molar-refractivity contribution in [2.45, 2.75) is 45.1 Å². The van der Waals surface area contributed by atoms with Gasteiger partial charge in [-0.15, -0.1) is 0 Å². The summed E-state index contributed by atoms with van der Waals surface area (Å²) in [4.78, 5) is 33.3. The average molecular weight is 584 g/mol. The van der Waals surface area contributed by atoms with Gasteiger partial charge in [0, 0.05) is 18.0 Å². The van der Waals surface area contributed by atoms with Gasteiger partial charge in [0.05, 0.1) is 29.2 Å². The Labute approximate surface area is 249 Å². The van der Waals surface area contributed by atoms with Crippen LogP contribution in [0.25, 0.3) is 5.69 Å². The summed E-state index contributed by atoms with van der Waals surface area (Å²) in [5.74, 6) is -0.569. The van der Waals surface area contributed by atoms with E-state index < -0.39 is 23.4 Å². The number of nitrogens with one attached hydrogen (secondary N) is 1. The number of ether oxygens (including phenoxy) is 1. The summed E-state index contributed by atoms with van der Waals surface area (Å²) >= 11 is 0. The number of aromatic nitrogens is 3. The van der Waals surface area contributed by atoms with Gasteiger partial charge in [0.1, 0.15) is 17.3 Å². The maximum Gasteiger partial charge on any atom is 0.435 e. The Morgan fingerprint density at radius 2 is 1.95 bits per heavy atom. The molecule has 1 aliphatic rings. The van der Waals surface area contributed by atoms with Crippen molar-refractivity contribution in [2.24, 2.45) is 22.4 Å². The normalized spacial score (nSPS) is 14.7. The summed E-state index contributed by atoms with van der Waals surface area (Å²) in [6, 6.07) is 16.6. The number of nitrogens with two attached hydrogens (primary N) is 2. The van der Waals surface area contributed by atoms with E-state index in [0.29, 0.717) is 34.8 Å². The standard InChI is InChI=1S/C32H34FN7O3/c1-3-43-31(42)38-29(34)22-6-4-8-25(17-22)40-28(16-20(2)39-40)30(41)37-27-18-23(11-12-26(27)33)32(35,14-13-21-9-10-21)24-7-5-15-36-19-24/h4-8,11-12,15-19,21H,3,9-10,13-14,35H2,1-2H3,(H,37,41)(H2,34,38,42). The van der Waals surface area contributed by atoms with Gasteiger partial charge in [0.2, 0.25) is 0 Å². The van der Waals surface area contributed by atoms with E-state index in [0.717, 1.165) is 12.0 Å². The molecule has 1 unspecified atom stereocenters. The summed E-state index contributed by atoms with van der Waals surface area (Å²) in [7, 11) is 0. The third-order valence-electron chi connectivity index (χ3n) is 7.48. The first-order valence-corrected chi connectivity index (χ1v) is 14.2. The minimum atomic E-state index is -0.909. The molecule has 0 radical (unpaired) electrons. The highest BCUT2D eigenvalue weighted by atomic mass is 19.1. The molecular formula is C32H34FN7O3. The lowest BCUT2D eigenvalue weighted by Crippen LogP contribution is -2.38. The largest absolute Gasteiger partial charge is 0.448 e. The summed E-state index contributed by atoms with van der Waals surface area (Å²) < 4.78 is 21.4. The van der Waals surface area contributed by atoms with E-state index in [1.165, 1.54) is 23.6 Å². The number of aryl methyl sites for hydroxylation is 1. The molecule has 222 valence electrons. The van der Waals surface area contributed by atoms with Gasteiger partial charge in [-0.25, -0.2) is 13.9 Å². The first-order chi connectivity index (χ1) is 20.7. The van der Waals surface area contributed by atoms with Gasteiger partial charge in [-0.2, -0.15) is 10.1 Å². The molecule has 2 aromatic carbocycles. The fraction of sp³-hybridized carbons (Fsp3) is 0.281. The second kappa shape index (κ2) is 12.5. The molecule has 1 atom stereocenters. The van der Waals surface area contributed by atoms with Crippen molar-refractivity contribution in [1.82, 2.24) is 14.8 Å². The summed E-state index contributed by atoms with van der Waals surface area (Å²) in [6.45, 7) is 3.58. The predicted molar refractivity (Wildman–Crippen MR) is 162 cm³/mol. The molecule has 10 nitrogen and oxygen atoms in total. The van der Waals surface area contributed by atoms with Gasteiger partial charge in [-0.1, -0.05) is 37.1 Å². The molecule has 2 heterocycles. The lowest BCUT2D eigenvalue weighted by atomic mass is 9.80. The van der Waals surface area contributed by atoms with Crippen molar-refractivity contribution in [3.8, 4) is 5.69 Å². The van der Waals surface area contributed by atoms with E-state index in [-0.39, 0.29) is 23.8 Å². The monoisotopic (exact) mass is 583 g/mol. The van der Waals surface area contributed by atoms with Gasteiger partial charge in [-0.05, 0) is 80.1 Å². The lowest BCUT2D eigenvalue weighted by Gasteiger charge is -2.31. The number of rotatable bonds is 10. The molecule has 43 heavy (non-hydrogen) atoms. The number of benzene rings is 2. The molecule has 0 aliphatic heterocycles. The Hall–Kier alpha value is -4.90. The number of amidine groups is 1. The van der Waals surface area contributed by atoms with E-state index in [2.05, 4.69) is 20.4 Å². The van der Waals surface area contributed by atoms with Gasteiger partial charge in [0.25, 0.3) is 5.91 Å². The summed E-state index contributed by atoms with van der Waals surface area (Å²) in [6.07, 6.45) is 6.59. The van der Waals surface area contributed by atoms with Gasteiger partial charge < -0.3 is 21.5 Å². The van der Waals surface area contributed by atoms with Gasteiger partial charge in [0.15, 0.2) is 0 Å². The number of nitrogens with zero attached hydrogens (tertiary/aromatic N) is 4. The van der Waals surface area contributed by atoms with Crippen LogP contribution in [-0.4, -0.2) is 39.2 Å². The van der Waals surface area contributed by atoms with E-state index in [4.69, 9.17) is 16.2 Å².